The van der Waals surface area contributed by atoms with Crippen molar-refractivity contribution in [3.05, 3.63) is 0 Å². The molecule has 0 amide bonds. The van der Waals surface area contributed by atoms with Crippen molar-refractivity contribution >= 4 is 5.78 Å². The Balaban J connectivity index is 2.60. The molecule has 1 nitrogen and oxygen atoms in total. The summed E-state index contributed by atoms with van der Waals surface area (Å²) in [5.41, 5.74) is 0.254. The number of ketones is 1. The van der Waals surface area contributed by atoms with E-state index in [1.165, 1.54) is 19.3 Å². The highest BCUT2D eigenvalue weighted by Gasteiger charge is 2.36. The molecule has 1 heteroatoms. The third-order valence-corrected chi connectivity index (χ3v) is 3.51. The van der Waals surface area contributed by atoms with E-state index in [0.29, 0.717) is 17.6 Å². The molecular weight excluding hydrogens is 172 g/mol. The van der Waals surface area contributed by atoms with E-state index in [1.807, 2.05) is 0 Å². The van der Waals surface area contributed by atoms with Crippen LogP contribution in [0.5, 0.6) is 0 Å². The molecule has 1 fully saturated rings. The zero-order chi connectivity index (χ0) is 10.8. The van der Waals surface area contributed by atoms with Crippen LogP contribution in [0.4, 0.5) is 0 Å². The van der Waals surface area contributed by atoms with Crippen LogP contribution >= 0.6 is 0 Å². The fraction of sp³-hybridized carbons (Fsp3) is 0.923. The molecule has 0 aliphatic heterocycles. The first-order valence-corrected chi connectivity index (χ1v) is 5.96. The molecule has 1 atom stereocenters. The van der Waals surface area contributed by atoms with Crippen molar-refractivity contribution < 1.29 is 4.79 Å². The van der Waals surface area contributed by atoms with Crippen molar-refractivity contribution in [1.82, 2.24) is 0 Å². The summed E-state index contributed by atoms with van der Waals surface area (Å²) >= 11 is 0. The summed E-state index contributed by atoms with van der Waals surface area (Å²) in [7, 11) is 0. The van der Waals surface area contributed by atoms with E-state index in [0.717, 1.165) is 12.8 Å². The van der Waals surface area contributed by atoms with Gasteiger partial charge in [-0.25, -0.2) is 0 Å². The van der Waals surface area contributed by atoms with Crippen molar-refractivity contribution in [1.29, 1.82) is 0 Å². The molecule has 1 aliphatic carbocycles. The van der Waals surface area contributed by atoms with Crippen LogP contribution in [0.25, 0.3) is 0 Å². The molecule has 1 unspecified atom stereocenters. The highest BCUT2D eigenvalue weighted by molar-refractivity contribution is 5.82. The van der Waals surface area contributed by atoms with Crippen LogP contribution in [0.3, 0.4) is 0 Å². The first-order chi connectivity index (χ1) is 6.43. The Labute approximate surface area is 88.3 Å². The second kappa shape index (κ2) is 4.46. The van der Waals surface area contributed by atoms with Gasteiger partial charge in [0.1, 0.15) is 5.78 Å². The molecule has 82 valence electrons. The molecule has 1 saturated carbocycles. The van der Waals surface area contributed by atoms with Gasteiger partial charge < -0.3 is 0 Å². The van der Waals surface area contributed by atoms with Gasteiger partial charge in [0.05, 0.1) is 0 Å². The zero-order valence-electron chi connectivity index (χ0n) is 10.1. The van der Waals surface area contributed by atoms with Crippen LogP contribution in [-0.2, 0) is 4.79 Å². The summed E-state index contributed by atoms with van der Waals surface area (Å²) in [5.74, 6) is 1.35. The lowest BCUT2D eigenvalue weighted by molar-refractivity contribution is -0.128. The molecule has 0 saturated heterocycles. The minimum absolute atomic E-state index is 0.254. The maximum Gasteiger partial charge on any atom is 0.136 e. The smallest absolute Gasteiger partial charge is 0.136 e. The van der Waals surface area contributed by atoms with Gasteiger partial charge >= 0.3 is 0 Å². The highest BCUT2D eigenvalue weighted by atomic mass is 16.1. The van der Waals surface area contributed by atoms with Crippen molar-refractivity contribution in [2.24, 2.45) is 17.3 Å². The van der Waals surface area contributed by atoms with Gasteiger partial charge in [-0.1, -0.05) is 40.5 Å². The maximum atomic E-state index is 12.0. The lowest BCUT2D eigenvalue weighted by Crippen LogP contribution is -2.34. The Hall–Kier alpha value is -0.330. The van der Waals surface area contributed by atoms with Crippen LogP contribution < -0.4 is 0 Å². The second-order valence-corrected chi connectivity index (χ2v) is 5.85. The SMILES string of the molecule is CC(C)CC(=O)C1CCCCC1(C)C. The van der Waals surface area contributed by atoms with Gasteiger partial charge in [0.15, 0.2) is 0 Å². The van der Waals surface area contributed by atoms with Crippen LogP contribution in [-0.4, -0.2) is 5.78 Å². The number of Topliss-reactive ketones (excluding diaryl/α,β-unsaturated/α-hetero) is 1. The van der Waals surface area contributed by atoms with Crippen molar-refractivity contribution in [3.8, 4) is 0 Å². The van der Waals surface area contributed by atoms with Crippen LogP contribution in [0, 0.1) is 17.3 Å². The molecule has 0 heterocycles. The molecule has 0 radical (unpaired) electrons. The Bertz CT molecular complexity index is 203. The largest absolute Gasteiger partial charge is 0.299 e. The topological polar surface area (TPSA) is 17.1 Å². The Morgan fingerprint density at radius 3 is 2.50 bits per heavy atom. The summed E-state index contributed by atoms with van der Waals surface area (Å²) in [6.07, 6.45) is 5.67. The minimum Gasteiger partial charge on any atom is -0.299 e. The van der Waals surface area contributed by atoms with Gasteiger partial charge in [-0.15, -0.1) is 0 Å². The van der Waals surface area contributed by atoms with Gasteiger partial charge in [0, 0.05) is 12.3 Å². The van der Waals surface area contributed by atoms with E-state index >= 15 is 0 Å². The lowest BCUT2D eigenvalue weighted by atomic mass is 9.66. The number of carbonyl (C=O) groups is 1. The first-order valence-electron chi connectivity index (χ1n) is 5.96. The van der Waals surface area contributed by atoms with Gasteiger partial charge in [-0.2, -0.15) is 0 Å². The highest BCUT2D eigenvalue weighted by Crippen LogP contribution is 2.41. The van der Waals surface area contributed by atoms with Crippen LogP contribution in [0.15, 0.2) is 0 Å². The van der Waals surface area contributed by atoms with Crippen LogP contribution in [0.2, 0.25) is 0 Å². The minimum atomic E-state index is 0.254. The predicted octanol–water partition coefficient (Wildman–Crippen LogP) is 3.82. The van der Waals surface area contributed by atoms with Crippen LogP contribution in [0.1, 0.15) is 59.8 Å². The van der Waals surface area contributed by atoms with E-state index in [4.69, 9.17) is 0 Å². The van der Waals surface area contributed by atoms with Gasteiger partial charge in [-0.3, -0.25) is 4.79 Å². The number of hydrogen-bond donors (Lipinski definition) is 0. The first kappa shape index (κ1) is 11.7. The maximum absolute atomic E-state index is 12.0. The normalized spacial score (nSPS) is 26.5. The number of hydrogen-bond acceptors (Lipinski definition) is 1. The van der Waals surface area contributed by atoms with E-state index in [-0.39, 0.29) is 5.41 Å². The molecule has 0 aromatic rings. The van der Waals surface area contributed by atoms with Crippen molar-refractivity contribution in [3.63, 3.8) is 0 Å². The molecule has 1 rings (SSSR count). The van der Waals surface area contributed by atoms with Crippen molar-refractivity contribution in [2.75, 3.05) is 0 Å². The molecule has 0 bridgehead atoms. The van der Waals surface area contributed by atoms with E-state index in [1.54, 1.807) is 0 Å². The molecular formula is C13H24O. The predicted molar refractivity (Wildman–Crippen MR) is 60.2 cm³/mol. The number of carbonyl (C=O) groups excluding carboxylic acids is 1. The second-order valence-electron chi connectivity index (χ2n) is 5.85. The lowest BCUT2D eigenvalue weighted by Gasteiger charge is -2.37. The average Bonchev–Trinajstić information content (AvgIpc) is 2.01. The zero-order valence-corrected chi connectivity index (χ0v) is 10.1. The van der Waals surface area contributed by atoms with Gasteiger partial charge in [0.25, 0.3) is 0 Å². The molecule has 14 heavy (non-hydrogen) atoms. The average molecular weight is 196 g/mol. The van der Waals surface area contributed by atoms with Gasteiger partial charge in [0.2, 0.25) is 0 Å². The monoisotopic (exact) mass is 196 g/mol. The van der Waals surface area contributed by atoms with Gasteiger partial charge in [-0.05, 0) is 24.2 Å². The van der Waals surface area contributed by atoms with E-state index in [9.17, 15) is 4.79 Å². The Morgan fingerprint density at radius 2 is 2.00 bits per heavy atom. The molecule has 0 spiro atoms. The summed E-state index contributed by atoms with van der Waals surface area (Å²) in [6.45, 7) is 8.78. The standard InChI is InChI=1S/C13H24O/c1-10(2)9-12(14)11-7-5-6-8-13(11,3)4/h10-11H,5-9H2,1-4H3. The quantitative estimate of drug-likeness (QED) is 0.670. The third-order valence-electron chi connectivity index (χ3n) is 3.51. The Kier molecular flexibility index (Phi) is 3.74. The molecule has 1 aliphatic rings. The molecule has 0 aromatic carbocycles. The molecule has 0 aromatic heterocycles. The fourth-order valence-corrected chi connectivity index (χ4v) is 2.64. The summed E-state index contributed by atoms with van der Waals surface area (Å²) in [6, 6.07) is 0. The fourth-order valence-electron chi connectivity index (χ4n) is 2.64. The third kappa shape index (κ3) is 2.83. The van der Waals surface area contributed by atoms with E-state index in [2.05, 4.69) is 27.7 Å². The molecule has 0 N–H and O–H groups in total. The summed E-state index contributed by atoms with van der Waals surface area (Å²) < 4.78 is 0. The summed E-state index contributed by atoms with van der Waals surface area (Å²) in [4.78, 5) is 12.0. The summed E-state index contributed by atoms with van der Waals surface area (Å²) in [5, 5.41) is 0. The van der Waals surface area contributed by atoms with Crippen molar-refractivity contribution in [2.45, 2.75) is 59.8 Å². The van der Waals surface area contributed by atoms with E-state index < -0.39 is 0 Å². The Morgan fingerprint density at radius 1 is 1.36 bits per heavy atom. The number of rotatable bonds is 3.